The first-order valence-electron chi connectivity index (χ1n) is 11.1. The smallest absolute Gasteiger partial charge is 0.167 e. The normalized spacial score (nSPS) is 20.5. The van der Waals surface area contributed by atoms with Gasteiger partial charge in [0.1, 0.15) is 0 Å². The molecular weight excluding hydrogens is 376 g/mol. The first-order chi connectivity index (χ1) is 14.8. The number of hydrogen-bond donors (Lipinski definition) is 0. The molecule has 0 saturated carbocycles. The Morgan fingerprint density at radius 2 is 1.03 bits per heavy atom. The van der Waals surface area contributed by atoms with E-state index in [1.165, 1.54) is 11.1 Å². The van der Waals surface area contributed by atoms with Crippen LogP contribution in [0.2, 0.25) is 0 Å². The van der Waals surface area contributed by atoms with Gasteiger partial charge in [0, 0.05) is 26.2 Å². The molecular formula is C25H32N2O3. The molecule has 2 atom stereocenters. The van der Waals surface area contributed by atoms with Crippen LogP contribution in [-0.4, -0.2) is 80.3 Å². The van der Waals surface area contributed by atoms with Gasteiger partial charge in [-0.25, -0.2) is 0 Å². The monoisotopic (exact) mass is 408 g/mol. The molecule has 2 unspecified atom stereocenters. The van der Waals surface area contributed by atoms with E-state index in [0.717, 1.165) is 39.0 Å². The van der Waals surface area contributed by atoms with Crippen LogP contribution in [0.3, 0.4) is 0 Å². The summed E-state index contributed by atoms with van der Waals surface area (Å²) in [6.45, 7) is 6.02. The third-order valence-corrected chi connectivity index (χ3v) is 6.17. The van der Waals surface area contributed by atoms with Crippen molar-refractivity contribution in [1.29, 1.82) is 0 Å². The number of morpholine rings is 2. The molecule has 30 heavy (non-hydrogen) atoms. The zero-order valence-electron chi connectivity index (χ0n) is 17.6. The number of ketones is 1. The van der Waals surface area contributed by atoms with Gasteiger partial charge in [0.25, 0.3) is 0 Å². The summed E-state index contributed by atoms with van der Waals surface area (Å²) >= 11 is 0. The SMILES string of the molecule is O=C(C(Cc1ccccc1)N1CCOCC1)C(Cc1ccccc1)N1CCOCC1. The number of Topliss-reactive ketones (excluding diaryl/α,β-unsaturated/α-hetero) is 1. The largest absolute Gasteiger partial charge is 0.379 e. The van der Waals surface area contributed by atoms with Gasteiger partial charge in [0.05, 0.1) is 38.5 Å². The number of nitrogens with zero attached hydrogens (tertiary/aromatic N) is 2. The van der Waals surface area contributed by atoms with E-state index >= 15 is 0 Å². The summed E-state index contributed by atoms with van der Waals surface area (Å²) in [6, 6.07) is 20.5. The Morgan fingerprint density at radius 3 is 1.40 bits per heavy atom. The van der Waals surface area contributed by atoms with Crippen molar-refractivity contribution in [3.63, 3.8) is 0 Å². The Hall–Kier alpha value is -2.05. The predicted octanol–water partition coefficient (Wildman–Crippen LogP) is 2.44. The van der Waals surface area contributed by atoms with Crippen molar-refractivity contribution in [1.82, 2.24) is 9.80 Å². The second-order valence-electron chi connectivity index (χ2n) is 8.11. The van der Waals surface area contributed by atoms with Gasteiger partial charge in [-0.2, -0.15) is 0 Å². The zero-order chi connectivity index (χ0) is 20.6. The van der Waals surface area contributed by atoms with Crippen molar-refractivity contribution in [2.75, 3.05) is 52.6 Å². The van der Waals surface area contributed by atoms with Gasteiger partial charge in [-0.15, -0.1) is 0 Å². The lowest BCUT2D eigenvalue weighted by molar-refractivity contribution is -0.133. The Balaban J connectivity index is 1.59. The number of ether oxygens (including phenoxy) is 2. The highest BCUT2D eigenvalue weighted by molar-refractivity contribution is 5.89. The molecule has 0 bridgehead atoms. The highest BCUT2D eigenvalue weighted by atomic mass is 16.5. The molecule has 0 N–H and O–H groups in total. The van der Waals surface area contributed by atoms with Crippen LogP contribution in [0.25, 0.3) is 0 Å². The summed E-state index contributed by atoms with van der Waals surface area (Å²) in [5.41, 5.74) is 2.42. The van der Waals surface area contributed by atoms with E-state index in [9.17, 15) is 4.79 Å². The van der Waals surface area contributed by atoms with E-state index in [0.29, 0.717) is 32.2 Å². The van der Waals surface area contributed by atoms with Crippen LogP contribution in [0, 0.1) is 0 Å². The maximum Gasteiger partial charge on any atom is 0.167 e. The van der Waals surface area contributed by atoms with Crippen LogP contribution in [0.4, 0.5) is 0 Å². The quantitative estimate of drug-likeness (QED) is 0.671. The van der Waals surface area contributed by atoms with E-state index < -0.39 is 0 Å². The lowest BCUT2D eigenvalue weighted by Crippen LogP contribution is -2.57. The van der Waals surface area contributed by atoms with Crippen LogP contribution in [0.1, 0.15) is 11.1 Å². The van der Waals surface area contributed by atoms with Crippen molar-refractivity contribution in [3.8, 4) is 0 Å². The molecule has 0 aliphatic carbocycles. The van der Waals surface area contributed by atoms with Crippen molar-refractivity contribution in [2.45, 2.75) is 24.9 Å². The molecule has 0 radical (unpaired) electrons. The third kappa shape index (κ3) is 5.55. The van der Waals surface area contributed by atoms with E-state index in [2.05, 4.69) is 58.3 Å². The standard InChI is InChI=1S/C25H32N2O3/c28-25(23(26-11-15-29-16-12-26)19-21-7-3-1-4-8-21)24(27-13-17-30-18-14-27)20-22-9-5-2-6-10-22/h1-10,23-24H,11-20H2. The van der Waals surface area contributed by atoms with Crippen molar-refractivity contribution >= 4 is 5.78 Å². The molecule has 5 heteroatoms. The third-order valence-electron chi connectivity index (χ3n) is 6.17. The van der Waals surface area contributed by atoms with Gasteiger partial charge >= 0.3 is 0 Å². The first-order valence-corrected chi connectivity index (χ1v) is 11.1. The molecule has 5 nitrogen and oxygen atoms in total. The summed E-state index contributed by atoms with van der Waals surface area (Å²) < 4.78 is 11.1. The topological polar surface area (TPSA) is 42.0 Å². The summed E-state index contributed by atoms with van der Waals surface area (Å²) in [6.07, 6.45) is 1.49. The van der Waals surface area contributed by atoms with Crippen LogP contribution in [0.5, 0.6) is 0 Å². The van der Waals surface area contributed by atoms with Crippen molar-refractivity contribution in [2.24, 2.45) is 0 Å². The summed E-state index contributed by atoms with van der Waals surface area (Å²) in [5, 5.41) is 0. The molecule has 4 rings (SSSR count). The zero-order valence-corrected chi connectivity index (χ0v) is 17.6. The summed E-state index contributed by atoms with van der Waals surface area (Å²) in [7, 11) is 0. The fourth-order valence-electron chi connectivity index (χ4n) is 4.49. The molecule has 0 amide bonds. The maximum absolute atomic E-state index is 14.1. The minimum atomic E-state index is -0.132. The van der Waals surface area contributed by atoms with Gasteiger partial charge in [0.15, 0.2) is 5.78 Å². The van der Waals surface area contributed by atoms with Crippen LogP contribution in [-0.2, 0) is 27.1 Å². The number of benzene rings is 2. The average Bonchev–Trinajstić information content (AvgIpc) is 2.83. The second kappa shape index (κ2) is 10.8. The highest BCUT2D eigenvalue weighted by Gasteiger charge is 2.36. The molecule has 0 spiro atoms. The average molecular weight is 409 g/mol. The molecule has 160 valence electrons. The minimum Gasteiger partial charge on any atom is -0.379 e. The van der Waals surface area contributed by atoms with Crippen LogP contribution in [0.15, 0.2) is 60.7 Å². The molecule has 0 aromatic heterocycles. The molecule has 2 fully saturated rings. The van der Waals surface area contributed by atoms with Gasteiger partial charge < -0.3 is 9.47 Å². The number of rotatable bonds is 8. The van der Waals surface area contributed by atoms with Crippen LogP contribution >= 0.6 is 0 Å². The second-order valence-corrected chi connectivity index (χ2v) is 8.11. The van der Waals surface area contributed by atoms with Gasteiger partial charge in [0.2, 0.25) is 0 Å². The highest BCUT2D eigenvalue weighted by Crippen LogP contribution is 2.19. The van der Waals surface area contributed by atoms with E-state index in [1.54, 1.807) is 0 Å². The molecule has 2 aromatic carbocycles. The number of hydrogen-bond acceptors (Lipinski definition) is 5. The molecule has 2 saturated heterocycles. The Bertz CT molecular complexity index is 706. The van der Waals surface area contributed by atoms with E-state index in [1.807, 2.05) is 12.1 Å². The van der Waals surface area contributed by atoms with Crippen LogP contribution < -0.4 is 0 Å². The lowest BCUT2D eigenvalue weighted by atomic mass is 9.91. The lowest BCUT2D eigenvalue weighted by Gasteiger charge is -2.39. The fraction of sp³-hybridized carbons (Fsp3) is 0.480. The number of carbonyl (C=O) groups is 1. The van der Waals surface area contributed by atoms with Gasteiger partial charge in [-0.1, -0.05) is 60.7 Å². The maximum atomic E-state index is 14.1. The number of carbonyl (C=O) groups excluding carboxylic acids is 1. The molecule has 2 heterocycles. The fourth-order valence-corrected chi connectivity index (χ4v) is 4.49. The first kappa shape index (κ1) is 21.2. The van der Waals surface area contributed by atoms with Crippen molar-refractivity contribution in [3.05, 3.63) is 71.8 Å². The molecule has 2 aromatic rings. The Kier molecular flexibility index (Phi) is 7.65. The van der Waals surface area contributed by atoms with E-state index in [4.69, 9.17) is 9.47 Å². The Morgan fingerprint density at radius 1 is 0.667 bits per heavy atom. The molecule has 2 aliphatic rings. The Labute approximate surface area is 179 Å². The van der Waals surface area contributed by atoms with Gasteiger partial charge in [-0.05, 0) is 24.0 Å². The van der Waals surface area contributed by atoms with E-state index in [-0.39, 0.29) is 12.1 Å². The predicted molar refractivity (Wildman–Crippen MR) is 118 cm³/mol. The molecule has 2 aliphatic heterocycles. The minimum absolute atomic E-state index is 0.132. The van der Waals surface area contributed by atoms with Gasteiger partial charge in [-0.3, -0.25) is 14.6 Å². The summed E-state index contributed by atoms with van der Waals surface area (Å²) in [4.78, 5) is 18.7. The van der Waals surface area contributed by atoms with Crippen molar-refractivity contribution < 1.29 is 14.3 Å². The summed E-state index contributed by atoms with van der Waals surface area (Å²) in [5.74, 6) is 0.325.